The number of nitrogens with zero attached hydrogens (tertiary/aromatic N) is 2. The summed E-state index contributed by atoms with van der Waals surface area (Å²) in [4.78, 5) is 19.1. The minimum atomic E-state index is -0.315. The average molecular weight is 478 g/mol. The van der Waals surface area contributed by atoms with Gasteiger partial charge < -0.3 is 13.9 Å². The van der Waals surface area contributed by atoms with Crippen molar-refractivity contribution in [3.05, 3.63) is 56.9 Å². The molecular formula is C20H20BrN3O4S. The van der Waals surface area contributed by atoms with Gasteiger partial charge in [0, 0.05) is 25.0 Å². The number of halogens is 1. The second-order valence-electron chi connectivity index (χ2n) is 6.64. The number of thiazole rings is 1. The molecule has 0 aliphatic carbocycles. The van der Waals surface area contributed by atoms with E-state index in [9.17, 15) is 4.79 Å². The predicted molar refractivity (Wildman–Crippen MR) is 114 cm³/mol. The number of hydrogen-bond acceptors (Lipinski definition) is 7. The maximum absolute atomic E-state index is 12.2. The Morgan fingerprint density at radius 1 is 1.28 bits per heavy atom. The molecule has 1 N–H and O–H groups in total. The molecule has 0 atom stereocenters. The van der Waals surface area contributed by atoms with Crippen molar-refractivity contribution in [2.24, 2.45) is 0 Å². The van der Waals surface area contributed by atoms with Crippen LogP contribution in [0.1, 0.15) is 27.4 Å². The first-order valence-corrected chi connectivity index (χ1v) is 10.7. The maximum Gasteiger partial charge on any atom is 0.293 e. The minimum absolute atomic E-state index is 0.241. The number of fused-ring (bicyclic) bond motifs is 1. The molecule has 3 heterocycles. The van der Waals surface area contributed by atoms with Crippen molar-refractivity contribution in [1.82, 2.24) is 9.88 Å². The third kappa shape index (κ3) is 4.47. The van der Waals surface area contributed by atoms with Crippen LogP contribution in [0.2, 0.25) is 0 Å². The van der Waals surface area contributed by atoms with Crippen molar-refractivity contribution in [2.45, 2.75) is 19.5 Å². The number of benzene rings is 1. The molecule has 1 aliphatic rings. The number of rotatable bonds is 6. The van der Waals surface area contributed by atoms with E-state index in [1.165, 1.54) is 22.5 Å². The molecule has 1 amide bonds. The van der Waals surface area contributed by atoms with Gasteiger partial charge in [-0.2, -0.15) is 0 Å². The summed E-state index contributed by atoms with van der Waals surface area (Å²) in [7, 11) is 3.31. The predicted octanol–water partition coefficient (Wildman–Crippen LogP) is 4.33. The van der Waals surface area contributed by atoms with Crippen molar-refractivity contribution in [3.8, 4) is 11.5 Å². The Kier molecular flexibility index (Phi) is 5.89. The Morgan fingerprint density at radius 3 is 2.72 bits per heavy atom. The number of ether oxygens (including phenoxy) is 2. The van der Waals surface area contributed by atoms with E-state index in [2.05, 4.69) is 43.3 Å². The molecule has 3 aromatic rings. The Labute approximate surface area is 180 Å². The summed E-state index contributed by atoms with van der Waals surface area (Å²) in [5.41, 5.74) is 3.45. The zero-order valence-electron chi connectivity index (χ0n) is 16.0. The van der Waals surface area contributed by atoms with Crippen LogP contribution in [-0.2, 0) is 19.5 Å². The van der Waals surface area contributed by atoms with Crippen molar-refractivity contribution < 1.29 is 18.7 Å². The van der Waals surface area contributed by atoms with Gasteiger partial charge in [-0.1, -0.05) is 0 Å². The molecule has 0 radical (unpaired) electrons. The van der Waals surface area contributed by atoms with Crippen LogP contribution in [0.15, 0.2) is 38.7 Å². The van der Waals surface area contributed by atoms with Gasteiger partial charge in [-0.3, -0.25) is 15.0 Å². The highest BCUT2D eigenvalue weighted by atomic mass is 79.9. The SMILES string of the molecule is COc1cc2c(cc1OC)CN(Cc1csc(NC(=O)c3ccc(Br)o3)n1)CC2. The highest BCUT2D eigenvalue weighted by Gasteiger charge is 2.20. The minimum Gasteiger partial charge on any atom is -0.493 e. The van der Waals surface area contributed by atoms with Gasteiger partial charge in [0.2, 0.25) is 0 Å². The van der Waals surface area contributed by atoms with Crippen LogP contribution in [0.3, 0.4) is 0 Å². The van der Waals surface area contributed by atoms with Gasteiger partial charge in [-0.05, 0) is 57.7 Å². The van der Waals surface area contributed by atoms with Crippen molar-refractivity contribution in [2.75, 3.05) is 26.1 Å². The Bertz CT molecular complexity index is 1030. The van der Waals surface area contributed by atoms with E-state index in [0.29, 0.717) is 16.3 Å². The van der Waals surface area contributed by atoms with Gasteiger partial charge in [-0.15, -0.1) is 11.3 Å². The van der Waals surface area contributed by atoms with Crippen molar-refractivity contribution in [1.29, 1.82) is 0 Å². The Morgan fingerprint density at radius 2 is 2.03 bits per heavy atom. The number of amides is 1. The van der Waals surface area contributed by atoms with E-state index in [4.69, 9.17) is 13.9 Å². The first kappa shape index (κ1) is 19.9. The number of aromatic nitrogens is 1. The van der Waals surface area contributed by atoms with E-state index < -0.39 is 0 Å². The topological polar surface area (TPSA) is 76.8 Å². The van der Waals surface area contributed by atoms with Crippen LogP contribution in [0.25, 0.3) is 0 Å². The summed E-state index contributed by atoms with van der Waals surface area (Å²) in [6, 6.07) is 7.41. The van der Waals surface area contributed by atoms with Gasteiger partial charge in [0.25, 0.3) is 5.91 Å². The number of furan rings is 1. The molecule has 7 nitrogen and oxygen atoms in total. The van der Waals surface area contributed by atoms with Crippen LogP contribution in [0.4, 0.5) is 5.13 Å². The molecule has 9 heteroatoms. The smallest absolute Gasteiger partial charge is 0.293 e. The molecule has 152 valence electrons. The lowest BCUT2D eigenvalue weighted by Crippen LogP contribution is -2.30. The van der Waals surface area contributed by atoms with Gasteiger partial charge in [-0.25, -0.2) is 4.98 Å². The summed E-state index contributed by atoms with van der Waals surface area (Å²) in [6.07, 6.45) is 0.941. The molecule has 0 saturated carbocycles. The summed E-state index contributed by atoms with van der Waals surface area (Å²) in [5.74, 6) is 1.44. The van der Waals surface area contributed by atoms with Crippen LogP contribution in [0, 0.1) is 0 Å². The number of nitrogens with one attached hydrogen (secondary N) is 1. The highest BCUT2D eigenvalue weighted by Crippen LogP contribution is 2.33. The standard InChI is InChI=1S/C20H20BrN3O4S/c1-26-16-7-12-5-6-24(9-13(12)8-17(16)27-2)10-14-11-29-20(22-14)23-19(25)15-3-4-18(21)28-15/h3-4,7-8,11H,5-6,9-10H2,1-2H3,(H,22,23,25). The fourth-order valence-electron chi connectivity index (χ4n) is 3.34. The second-order valence-corrected chi connectivity index (χ2v) is 8.28. The number of hydrogen-bond donors (Lipinski definition) is 1. The van der Waals surface area contributed by atoms with Crippen LogP contribution < -0.4 is 14.8 Å². The van der Waals surface area contributed by atoms with Crippen LogP contribution >= 0.6 is 27.3 Å². The first-order valence-electron chi connectivity index (χ1n) is 9.03. The Balaban J connectivity index is 1.40. The summed E-state index contributed by atoms with van der Waals surface area (Å²) in [5, 5.41) is 5.30. The van der Waals surface area contributed by atoms with E-state index in [0.717, 1.165) is 36.7 Å². The molecule has 1 aliphatic heterocycles. The number of methoxy groups -OCH3 is 2. The fourth-order valence-corrected chi connectivity index (χ4v) is 4.34. The lowest BCUT2D eigenvalue weighted by atomic mass is 9.98. The monoisotopic (exact) mass is 477 g/mol. The van der Waals surface area contributed by atoms with Gasteiger partial charge in [0.05, 0.1) is 19.9 Å². The zero-order chi connectivity index (χ0) is 20.4. The highest BCUT2D eigenvalue weighted by molar-refractivity contribution is 9.10. The van der Waals surface area contributed by atoms with E-state index in [1.54, 1.807) is 26.4 Å². The van der Waals surface area contributed by atoms with Crippen molar-refractivity contribution in [3.63, 3.8) is 0 Å². The summed E-state index contributed by atoms with van der Waals surface area (Å²) >= 11 is 4.60. The molecule has 1 aromatic carbocycles. The number of carbonyl (C=O) groups is 1. The summed E-state index contributed by atoms with van der Waals surface area (Å²) < 4.78 is 16.6. The molecule has 2 aromatic heterocycles. The number of carbonyl (C=O) groups excluding carboxylic acids is 1. The zero-order valence-corrected chi connectivity index (χ0v) is 18.4. The van der Waals surface area contributed by atoms with Crippen LogP contribution in [-0.4, -0.2) is 36.6 Å². The van der Waals surface area contributed by atoms with E-state index in [-0.39, 0.29) is 11.7 Å². The molecule has 29 heavy (non-hydrogen) atoms. The molecule has 4 rings (SSSR count). The van der Waals surface area contributed by atoms with Gasteiger partial charge >= 0.3 is 0 Å². The lowest BCUT2D eigenvalue weighted by Gasteiger charge is -2.29. The van der Waals surface area contributed by atoms with Crippen molar-refractivity contribution >= 4 is 38.3 Å². The van der Waals surface area contributed by atoms with E-state index in [1.807, 2.05) is 5.38 Å². The van der Waals surface area contributed by atoms with Crippen LogP contribution in [0.5, 0.6) is 11.5 Å². The normalized spacial score (nSPS) is 13.8. The Hall–Kier alpha value is -2.36. The molecular weight excluding hydrogens is 458 g/mol. The van der Waals surface area contributed by atoms with E-state index >= 15 is 0 Å². The second kappa shape index (κ2) is 8.56. The molecule has 0 fully saturated rings. The lowest BCUT2D eigenvalue weighted by molar-refractivity contribution is 0.0995. The molecule has 0 bridgehead atoms. The third-order valence-electron chi connectivity index (χ3n) is 4.75. The quantitative estimate of drug-likeness (QED) is 0.569. The molecule has 0 saturated heterocycles. The third-order valence-corrected chi connectivity index (χ3v) is 5.98. The maximum atomic E-state index is 12.2. The fraction of sp³-hybridized carbons (Fsp3) is 0.300. The molecule has 0 spiro atoms. The molecule has 0 unspecified atom stereocenters. The average Bonchev–Trinajstić information content (AvgIpc) is 3.35. The first-order chi connectivity index (χ1) is 14.1. The van der Waals surface area contributed by atoms with Gasteiger partial charge in [0.15, 0.2) is 27.1 Å². The summed E-state index contributed by atoms with van der Waals surface area (Å²) in [6.45, 7) is 2.46. The van der Waals surface area contributed by atoms with Gasteiger partial charge in [0.1, 0.15) is 0 Å². The largest absolute Gasteiger partial charge is 0.493 e. The number of anilines is 1.